The summed E-state index contributed by atoms with van der Waals surface area (Å²) in [4.78, 5) is 8.90. The number of aromatic nitrogens is 2. The van der Waals surface area contributed by atoms with Gasteiger partial charge in [0.15, 0.2) is 0 Å². The van der Waals surface area contributed by atoms with Crippen molar-refractivity contribution in [3.63, 3.8) is 0 Å². The highest BCUT2D eigenvalue weighted by atomic mass is 32.1. The summed E-state index contributed by atoms with van der Waals surface area (Å²) in [6.45, 7) is 0. The summed E-state index contributed by atoms with van der Waals surface area (Å²) >= 11 is 1.62. The van der Waals surface area contributed by atoms with Crippen LogP contribution < -0.4 is 0 Å². The number of benzene rings is 1. The van der Waals surface area contributed by atoms with Crippen LogP contribution in [0.1, 0.15) is 28.1 Å². The standard InChI is InChI=1S/C17H16N2OS/c20-16(13-6-2-1-3-7-13)10-15-12-21-17(19-15)11-14-8-4-5-9-18-14/h1-9,12,16,20H,10-11H2. The molecule has 1 N–H and O–H groups in total. The van der Waals surface area contributed by atoms with Gasteiger partial charge in [0.05, 0.1) is 16.8 Å². The van der Waals surface area contributed by atoms with Crippen LogP contribution in [0, 0.1) is 0 Å². The van der Waals surface area contributed by atoms with Gasteiger partial charge >= 0.3 is 0 Å². The Bertz CT molecular complexity index is 682. The second-order valence-electron chi connectivity index (χ2n) is 4.86. The molecule has 21 heavy (non-hydrogen) atoms. The summed E-state index contributed by atoms with van der Waals surface area (Å²) in [5.41, 5.74) is 2.88. The van der Waals surface area contributed by atoms with Crippen LogP contribution in [0.15, 0.2) is 60.1 Å². The van der Waals surface area contributed by atoms with Crippen LogP contribution in [0.25, 0.3) is 0 Å². The maximum Gasteiger partial charge on any atom is 0.0988 e. The summed E-state index contributed by atoms with van der Waals surface area (Å²) < 4.78 is 0. The molecule has 0 aliphatic heterocycles. The zero-order valence-corrected chi connectivity index (χ0v) is 12.3. The molecular formula is C17H16N2OS. The van der Waals surface area contributed by atoms with Crippen LogP contribution in [-0.2, 0) is 12.8 Å². The van der Waals surface area contributed by atoms with Crippen LogP contribution in [0.4, 0.5) is 0 Å². The normalized spacial score (nSPS) is 12.2. The Labute approximate surface area is 128 Å². The molecule has 0 aliphatic carbocycles. The van der Waals surface area contributed by atoms with Crippen molar-refractivity contribution in [1.82, 2.24) is 9.97 Å². The molecule has 0 saturated heterocycles. The van der Waals surface area contributed by atoms with Gasteiger partial charge in [-0.25, -0.2) is 4.98 Å². The molecule has 0 saturated carbocycles. The summed E-state index contributed by atoms with van der Waals surface area (Å²) in [7, 11) is 0. The minimum Gasteiger partial charge on any atom is -0.388 e. The molecule has 0 radical (unpaired) electrons. The minimum atomic E-state index is -0.504. The van der Waals surface area contributed by atoms with Crippen LogP contribution in [0.5, 0.6) is 0 Å². The number of thiazole rings is 1. The first-order chi connectivity index (χ1) is 10.3. The molecule has 4 heteroatoms. The molecule has 0 spiro atoms. The smallest absolute Gasteiger partial charge is 0.0988 e. The molecule has 0 aliphatic rings. The Morgan fingerprint density at radius 3 is 2.57 bits per heavy atom. The maximum atomic E-state index is 10.2. The average molecular weight is 296 g/mol. The van der Waals surface area contributed by atoms with E-state index in [0.717, 1.165) is 28.4 Å². The van der Waals surface area contributed by atoms with Gasteiger partial charge in [-0.05, 0) is 17.7 Å². The van der Waals surface area contributed by atoms with Crippen molar-refractivity contribution in [2.45, 2.75) is 18.9 Å². The van der Waals surface area contributed by atoms with Gasteiger partial charge < -0.3 is 5.11 Å². The lowest BCUT2D eigenvalue weighted by Gasteiger charge is -2.08. The predicted molar refractivity (Wildman–Crippen MR) is 84.3 cm³/mol. The van der Waals surface area contributed by atoms with E-state index in [9.17, 15) is 5.11 Å². The summed E-state index contributed by atoms with van der Waals surface area (Å²) in [5.74, 6) is 0. The molecular weight excluding hydrogens is 280 g/mol. The van der Waals surface area contributed by atoms with Gasteiger partial charge in [-0.3, -0.25) is 4.98 Å². The third-order valence-corrected chi connectivity index (χ3v) is 4.14. The van der Waals surface area contributed by atoms with Crippen molar-refractivity contribution in [1.29, 1.82) is 0 Å². The lowest BCUT2D eigenvalue weighted by molar-refractivity contribution is 0.177. The van der Waals surface area contributed by atoms with Crippen LogP contribution in [-0.4, -0.2) is 15.1 Å². The molecule has 2 aromatic heterocycles. The predicted octanol–water partition coefficient (Wildman–Crippen LogP) is 3.41. The van der Waals surface area contributed by atoms with Gasteiger partial charge in [0, 0.05) is 30.1 Å². The van der Waals surface area contributed by atoms with E-state index in [-0.39, 0.29) is 0 Å². The van der Waals surface area contributed by atoms with Crippen LogP contribution >= 0.6 is 11.3 Å². The Kier molecular flexibility index (Phi) is 4.38. The maximum absolute atomic E-state index is 10.2. The summed E-state index contributed by atoms with van der Waals surface area (Å²) in [5, 5.41) is 13.3. The van der Waals surface area contributed by atoms with E-state index in [1.54, 1.807) is 17.5 Å². The number of aliphatic hydroxyl groups is 1. The highest BCUT2D eigenvalue weighted by Crippen LogP contribution is 2.20. The topological polar surface area (TPSA) is 46.0 Å². The fourth-order valence-electron chi connectivity index (χ4n) is 2.17. The van der Waals surface area contributed by atoms with Crippen molar-refractivity contribution < 1.29 is 5.11 Å². The van der Waals surface area contributed by atoms with Gasteiger partial charge in [-0.2, -0.15) is 0 Å². The molecule has 3 rings (SSSR count). The van der Waals surface area contributed by atoms with Crippen LogP contribution in [0.3, 0.4) is 0 Å². The molecule has 0 amide bonds. The van der Waals surface area contributed by atoms with E-state index >= 15 is 0 Å². The molecule has 1 aromatic carbocycles. The van der Waals surface area contributed by atoms with Gasteiger partial charge in [0.2, 0.25) is 0 Å². The molecule has 1 unspecified atom stereocenters. The van der Waals surface area contributed by atoms with Crippen molar-refractivity contribution in [3.8, 4) is 0 Å². The largest absolute Gasteiger partial charge is 0.388 e. The minimum absolute atomic E-state index is 0.504. The molecule has 3 aromatic rings. The monoisotopic (exact) mass is 296 g/mol. The lowest BCUT2D eigenvalue weighted by atomic mass is 10.1. The van der Waals surface area contributed by atoms with Gasteiger partial charge in [-0.1, -0.05) is 36.4 Å². The molecule has 0 fully saturated rings. The molecule has 1 atom stereocenters. The quantitative estimate of drug-likeness (QED) is 0.785. The van der Waals surface area contributed by atoms with Crippen molar-refractivity contribution >= 4 is 11.3 Å². The van der Waals surface area contributed by atoms with E-state index < -0.39 is 6.10 Å². The van der Waals surface area contributed by atoms with Crippen LogP contribution in [0.2, 0.25) is 0 Å². The number of rotatable bonds is 5. The fraction of sp³-hybridized carbons (Fsp3) is 0.176. The molecule has 0 bridgehead atoms. The van der Waals surface area contributed by atoms with E-state index in [4.69, 9.17) is 0 Å². The molecule has 3 nitrogen and oxygen atoms in total. The van der Waals surface area contributed by atoms with Crippen molar-refractivity contribution in [2.24, 2.45) is 0 Å². The Hall–Kier alpha value is -2.04. The third kappa shape index (κ3) is 3.74. The van der Waals surface area contributed by atoms with E-state index in [2.05, 4.69) is 9.97 Å². The van der Waals surface area contributed by atoms with E-state index in [0.29, 0.717) is 6.42 Å². The zero-order chi connectivity index (χ0) is 14.5. The Balaban J connectivity index is 1.65. The first-order valence-electron chi connectivity index (χ1n) is 6.87. The number of hydrogen-bond donors (Lipinski definition) is 1. The highest BCUT2D eigenvalue weighted by Gasteiger charge is 2.11. The Morgan fingerprint density at radius 1 is 1.00 bits per heavy atom. The Morgan fingerprint density at radius 2 is 1.81 bits per heavy atom. The lowest BCUT2D eigenvalue weighted by Crippen LogP contribution is -2.02. The third-order valence-electron chi connectivity index (χ3n) is 3.24. The fourth-order valence-corrected chi connectivity index (χ4v) is 2.99. The van der Waals surface area contributed by atoms with Gasteiger partial charge in [0.1, 0.15) is 0 Å². The zero-order valence-electron chi connectivity index (χ0n) is 11.5. The number of pyridine rings is 1. The molecule has 106 valence electrons. The second-order valence-corrected chi connectivity index (χ2v) is 5.80. The van der Waals surface area contributed by atoms with Crippen molar-refractivity contribution in [3.05, 3.63) is 82.1 Å². The first kappa shape index (κ1) is 13.9. The highest BCUT2D eigenvalue weighted by molar-refractivity contribution is 7.09. The summed E-state index contributed by atoms with van der Waals surface area (Å²) in [6.07, 6.45) is 2.58. The van der Waals surface area contributed by atoms with E-state index in [1.807, 2.05) is 53.9 Å². The van der Waals surface area contributed by atoms with Gasteiger partial charge in [0.25, 0.3) is 0 Å². The number of aliphatic hydroxyl groups excluding tert-OH is 1. The van der Waals surface area contributed by atoms with E-state index in [1.165, 1.54) is 0 Å². The SMILES string of the molecule is OC(Cc1csc(Cc2ccccn2)n1)c1ccccc1. The first-order valence-corrected chi connectivity index (χ1v) is 7.75. The average Bonchev–Trinajstić information content (AvgIpc) is 2.96. The second kappa shape index (κ2) is 6.61. The number of hydrogen-bond acceptors (Lipinski definition) is 4. The van der Waals surface area contributed by atoms with Crippen molar-refractivity contribution in [2.75, 3.05) is 0 Å². The van der Waals surface area contributed by atoms with Gasteiger partial charge in [-0.15, -0.1) is 11.3 Å². The summed E-state index contributed by atoms with van der Waals surface area (Å²) in [6, 6.07) is 15.6. The number of nitrogens with zero attached hydrogens (tertiary/aromatic N) is 2. The molecule has 2 heterocycles.